The number of halogens is 3. The molecule has 0 aromatic heterocycles. The lowest BCUT2D eigenvalue weighted by molar-refractivity contribution is -0.163. The molecule has 2 heterocycles. The van der Waals surface area contributed by atoms with E-state index in [0.717, 1.165) is 23.3 Å². The van der Waals surface area contributed by atoms with Crippen LogP contribution in [-0.2, 0) is 31.8 Å². The number of carbonyl (C=O) groups excluding carboxylic acids is 3. The third-order valence-corrected chi connectivity index (χ3v) is 7.82. The molecule has 2 aliphatic rings. The van der Waals surface area contributed by atoms with Crippen molar-refractivity contribution in [1.29, 1.82) is 0 Å². The molecule has 3 aromatic rings. The summed E-state index contributed by atoms with van der Waals surface area (Å²) in [5.74, 6) is -2.51. The molecule has 2 saturated heterocycles. The van der Waals surface area contributed by atoms with Gasteiger partial charge in [0.1, 0.15) is 18.7 Å². The van der Waals surface area contributed by atoms with Crippen molar-refractivity contribution in [2.24, 2.45) is 0 Å². The van der Waals surface area contributed by atoms with Crippen molar-refractivity contribution >= 4 is 30.0 Å². The maximum atomic E-state index is 13.9. The van der Waals surface area contributed by atoms with E-state index in [2.05, 4.69) is 5.32 Å². The number of carboxylic acids is 1. The predicted octanol–water partition coefficient (Wildman–Crippen LogP) is 5.04. The number of benzene rings is 3. The Kier molecular flexibility index (Phi) is 9.21. The van der Waals surface area contributed by atoms with Crippen molar-refractivity contribution in [2.75, 3.05) is 6.61 Å². The van der Waals surface area contributed by atoms with E-state index in [-0.39, 0.29) is 25.1 Å². The number of carboxylic acid groups (broad SMARTS) is 1. The van der Waals surface area contributed by atoms with Gasteiger partial charge in [0.15, 0.2) is 0 Å². The van der Waals surface area contributed by atoms with E-state index in [1.54, 1.807) is 24.3 Å². The first-order valence-electron chi connectivity index (χ1n) is 14.3. The summed E-state index contributed by atoms with van der Waals surface area (Å²) in [6, 6.07) is 18.9. The summed E-state index contributed by atoms with van der Waals surface area (Å²) in [4.78, 5) is 54.6. The van der Waals surface area contributed by atoms with E-state index in [4.69, 9.17) is 4.74 Å². The van der Waals surface area contributed by atoms with Crippen LogP contribution in [0.1, 0.15) is 41.1 Å². The van der Waals surface area contributed by atoms with E-state index in [1.165, 1.54) is 21.9 Å². The van der Waals surface area contributed by atoms with E-state index in [0.29, 0.717) is 0 Å². The first-order chi connectivity index (χ1) is 21.5. The van der Waals surface area contributed by atoms with Crippen LogP contribution in [0.25, 0.3) is 6.08 Å². The minimum atomic E-state index is -4.57. The van der Waals surface area contributed by atoms with Crippen molar-refractivity contribution in [2.45, 2.75) is 49.7 Å². The number of β-lactam (4-membered cyclic amide) rings is 1. The van der Waals surface area contributed by atoms with Crippen molar-refractivity contribution in [3.63, 3.8) is 0 Å². The normalized spacial score (nSPS) is 20.6. The smallest absolute Gasteiger partial charge is 0.416 e. The Labute approximate surface area is 256 Å². The lowest BCUT2D eigenvalue weighted by atomic mass is 9.87. The first kappa shape index (κ1) is 31.3. The fraction of sp³-hybridized carbons (Fsp3) is 0.273. The predicted molar refractivity (Wildman–Crippen MR) is 156 cm³/mol. The average Bonchev–Trinajstić information content (AvgIpc) is 3.40. The number of alkyl halides is 3. The van der Waals surface area contributed by atoms with Gasteiger partial charge in [-0.1, -0.05) is 84.9 Å². The maximum Gasteiger partial charge on any atom is 0.416 e. The summed E-state index contributed by atoms with van der Waals surface area (Å²) in [5.41, 5.74) is 0.833. The summed E-state index contributed by atoms with van der Waals surface area (Å²) >= 11 is 0. The van der Waals surface area contributed by atoms with Gasteiger partial charge in [-0.25, -0.2) is 4.79 Å². The first-order valence-corrected chi connectivity index (χ1v) is 14.3. The number of carbonyl (C=O) groups is 4. The second-order valence-electron chi connectivity index (χ2n) is 10.7. The highest BCUT2D eigenvalue weighted by Gasteiger charge is 2.58. The minimum Gasteiger partial charge on any atom is -0.481 e. The average molecular weight is 622 g/mol. The summed E-state index contributed by atoms with van der Waals surface area (Å²) < 4.78 is 45.0. The number of ether oxygens (including phenoxy) is 1. The number of aliphatic carboxylic acids is 1. The second kappa shape index (κ2) is 13.2. The number of amides is 3. The van der Waals surface area contributed by atoms with Gasteiger partial charge in [0.25, 0.3) is 0 Å². The minimum absolute atomic E-state index is 0.0155. The molecular weight excluding hydrogens is 591 g/mol. The highest BCUT2D eigenvalue weighted by Crippen LogP contribution is 2.39. The van der Waals surface area contributed by atoms with E-state index in [9.17, 15) is 37.5 Å². The van der Waals surface area contributed by atoms with Crippen molar-refractivity contribution < 1.29 is 42.2 Å². The lowest BCUT2D eigenvalue weighted by Gasteiger charge is -2.52. The zero-order valence-corrected chi connectivity index (χ0v) is 23.9. The number of rotatable bonds is 11. The molecule has 12 heteroatoms. The summed E-state index contributed by atoms with van der Waals surface area (Å²) in [7, 11) is 0. The number of hydrogen-bond acceptors (Lipinski definition) is 5. The molecule has 0 bridgehead atoms. The molecule has 3 amide bonds. The third-order valence-electron chi connectivity index (χ3n) is 7.82. The largest absolute Gasteiger partial charge is 0.481 e. The quantitative estimate of drug-likeness (QED) is 0.290. The van der Waals surface area contributed by atoms with Crippen LogP contribution in [-0.4, -0.2) is 63.5 Å². The molecule has 0 saturated carbocycles. The van der Waals surface area contributed by atoms with Crippen LogP contribution in [0.5, 0.6) is 0 Å². The van der Waals surface area contributed by atoms with Gasteiger partial charge >= 0.3 is 18.2 Å². The fourth-order valence-corrected chi connectivity index (χ4v) is 5.63. The Morgan fingerprint density at radius 1 is 1.00 bits per heavy atom. The van der Waals surface area contributed by atoms with Gasteiger partial charge in [-0.05, 0) is 35.2 Å². The molecular formula is C33H30F3N3O6. The van der Waals surface area contributed by atoms with Crippen LogP contribution in [0.2, 0.25) is 0 Å². The topological polar surface area (TPSA) is 116 Å². The standard InChI is InChI=1S/C33H30F3N3O6/c34-33(35,36)24-13-7-10-22(18-24)19-37-30(42)26(16-17-28(40)41)38-25(15-14-21-8-3-1-4-9-21)29(31(38)43)39-27(20-45-32(39)44)23-11-5-2-6-12-23/h1-15,18,25-27,29H,16-17,19-20H2,(H,37,42)(H,40,41)/t25?,26-,27-,29?/m1/s1. The molecule has 0 aliphatic carbocycles. The molecule has 2 aliphatic heterocycles. The van der Waals surface area contributed by atoms with E-state index >= 15 is 0 Å². The van der Waals surface area contributed by atoms with E-state index in [1.807, 2.05) is 48.5 Å². The van der Waals surface area contributed by atoms with Crippen LogP contribution in [0.3, 0.4) is 0 Å². The zero-order valence-electron chi connectivity index (χ0n) is 23.9. The van der Waals surface area contributed by atoms with Gasteiger partial charge in [-0.15, -0.1) is 0 Å². The lowest BCUT2D eigenvalue weighted by Crippen LogP contribution is -2.74. The van der Waals surface area contributed by atoms with Crippen molar-refractivity contribution in [3.8, 4) is 0 Å². The monoisotopic (exact) mass is 621 g/mol. The Morgan fingerprint density at radius 3 is 2.36 bits per heavy atom. The second-order valence-corrected chi connectivity index (χ2v) is 10.7. The molecule has 234 valence electrons. The third kappa shape index (κ3) is 7.00. The molecule has 45 heavy (non-hydrogen) atoms. The summed E-state index contributed by atoms with van der Waals surface area (Å²) in [6.45, 7) is -0.265. The number of hydrogen-bond donors (Lipinski definition) is 2. The fourth-order valence-electron chi connectivity index (χ4n) is 5.63. The van der Waals surface area contributed by atoms with Gasteiger partial charge in [0.05, 0.1) is 17.6 Å². The van der Waals surface area contributed by atoms with Crippen molar-refractivity contribution in [1.82, 2.24) is 15.1 Å². The van der Waals surface area contributed by atoms with Crippen LogP contribution < -0.4 is 5.32 Å². The molecule has 5 rings (SSSR count). The van der Waals surface area contributed by atoms with Crippen molar-refractivity contribution in [3.05, 3.63) is 113 Å². The number of likely N-dealkylation sites (tertiary alicyclic amines) is 1. The van der Waals surface area contributed by atoms with Gasteiger partial charge in [-0.3, -0.25) is 19.3 Å². The highest BCUT2D eigenvalue weighted by atomic mass is 19.4. The SMILES string of the molecule is O=C(O)CC[C@H](C(=O)NCc1cccc(C(F)(F)F)c1)N1C(=O)C(N2C(=O)OC[C@@H]2c2ccccc2)C1C=Cc1ccccc1. The van der Waals surface area contributed by atoms with Gasteiger partial charge in [0.2, 0.25) is 11.8 Å². The summed E-state index contributed by atoms with van der Waals surface area (Å²) in [5, 5.41) is 12.0. The van der Waals surface area contributed by atoms with Gasteiger partial charge in [-0.2, -0.15) is 13.2 Å². The zero-order chi connectivity index (χ0) is 32.1. The highest BCUT2D eigenvalue weighted by molar-refractivity contribution is 5.98. The molecule has 2 fully saturated rings. The molecule has 9 nitrogen and oxygen atoms in total. The Balaban J connectivity index is 1.44. The molecule has 2 N–H and O–H groups in total. The van der Waals surface area contributed by atoms with Crippen LogP contribution in [0.15, 0.2) is 91.0 Å². The molecule has 4 atom stereocenters. The number of nitrogens with one attached hydrogen (secondary N) is 1. The van der Waals surface area contributed by atoms with Crippen LogP contribution in [0, 0.1) is 0 Å². The summed E-state index contributed by atoms with van der Waals surface area (Å²) in [6.07, 6.45) is -2.56. The molecule has 0 radical (unpaired) electrons. The number of cyclic esters (lactones) is 1. The molecule has 3 aromatic carbocycles. The maximum absolute atomic E-state index is 13.9. The Morgan fingerprint density at radius 2 is 1.69 bits per heavy atom. The number of nitrogens with zero attached hydrogens (tertiary/aromatic N) is 2. The van der Waals surface area contributed by atoms with Gasteiger partial charge in [0, 0.05) is 13.0 Å². The Hall–Kier alpha value is -5.13. The van der Waals surface area contributed by atoms with Crippen LogP contribution >= 0.6 is 0 Å². The van der Waals surface area contributed by atoms with E-state index < -0.39 is 66.2 Å². The molecule has 0 spiro atoms. The van der Waals surface area contributed by atoms with Crippen LogP contribution in [0.4, 0.5) is 18.0 Å². The Bertz CT molecular complexity index is 1580. The van der Waals surface area contributed by atoms with Gasteiger partial charge < -0.3 is 20.1 Å². The molecule has 2 unspecified atom stereocenters.